The van der Waals surface area contributed by atoms with Crippen molar-refractivity contribution >= 4 is 11.5 Å². The predicted molar refractivity (Wildman–Crippen MR) is 57.5 cm³/mol. The van der Waals surface area contributed by atoms with Crippen molar-refractivity contribution < 1.29 is 9.53 Å². The van der Waals surface area contributed by atoms with Crippen molar-refractivity contribution in [2.24, 2.45) is 5.41 Å². The summed E-state index contributed by atoms with van der Waals surface area (Å²) in [6.07, 6.45) is 2.05. The maximum Gasteiger partial charge on any atom is 0.172 e. The molecule has 0 saturated heterocycles. The molecule has 3 heteroatoms. The molecule has 1 aliphatic heterocycles. The number of ketones is 1. The SMILES string of the molecule is COc1cccc2c1NCC1(CC1)C2=O. The summed E-state index contributed by atoms with van der Waals surface area (Å²) in [6, 6.07) is 5.63. The van der Waals surface area contributed by atoms with E-state index in [0.717, 1.165) is 36.4 Å². The molecule has 1 aromatic carbocycles. The van der Waals surface area contributed by atoms with Crippen molar-refractivity contribution in [3.8, 4) is 5.75 Å². The number of rotatable bonds is 1. The summed E-state index contributed by atoms with van der Waals surface area (Å²) in [6.45, 7) is 0.763. The Labute approximate surface area is 88.4 Å². The summed E-state index contributed by atoms with van der Waals surface area (Å²) in [4.78, 5) is 12.2. The number of benzene rings is 1. The number of methoxy groups -OCH3 is 1. The fourth-order valence-corrected chi connectivity index (χ4v) is 2.25. The molecule has 0 unspecified atom stereocenters. The number of carbonyl (C=O) groups excluding carboxylic acids is 1. The molecule has 0 radical (unpaired) electrons. The van der Waals surface area contributed by atoms with Crippen LogP contribution in [0.1, 0.15) is 23.2 Å². The summed E-state index contributed by atoms with van der Waals surface area (Å²) in [5.74, 6) is 1.05. The Kier molecular flexibility index (Phi) is 1.61. The van der Waals surface area contributed by atoms with E-state index in [1.165, 1.54) is 0 Å². The van der Waals surface area contributed by atoms with E-state index >= 15 is 0 Å². The van der Waals surface area contributed by atoms with Gasteiger partial charge in [0.25, 0.3) is 0 Å². The van der Waals surface area contributed by atoms with Crippen LogP contribution in [0.5, 0.6) is 5.75 Å². The second kappa shape index (κ2) is 2.75. The molecule has 1 heterocycles. The van der Waals surface area contributed by atoms with Crippen LogP contribution in [0.25, 0.3) is 0 Å². The normalized spacial score (nSPS) is 20.7. The quantitative estimate of drug-likeness (QED) is 0.759. The molecule has 3 rings (SSSR count). The first-order valence-corrected chi connectivity index (χ1v) is 5.22. The number of hydrogen-bond donors (Lipinski definition) is 1. The average molecular weight is 203 g/mol. The van der Waals surface area contributed by atoms with Crippen LogP contribution in [0.2, 0.25) is 0 Å². The highest BCUT2D eigenvalue weighted by atomic mass is 16.5. The minimum atomic E-state index is -0.0840. The Bertz CT molecular complexity index is 435. The third-order valence-electron chi connectivity index (χ3n) is 3.43. The lowest BCUT2D eigenvalue weighted by atomic mass is 9.89. The van der Waals surface area contributed by atoms with E-state index in [2.05, 4.69) is 5.32 Å². The van der Waals surface area contributed by atoms with Crippen molar-refractivity contribution in [1.82, 2.24) is 0 Å². The Morgan fingerprint density at radius 1 is 1.40 bits per heavy atom. The maximum atomic E-state index is 12.2. The monoisotopic (exact) mass is 203 g/mol. The lowest BCUT2D eigenvalue weighted by Gasteiger charge is -2.25. The Morgan fingerprint density at radius 3 is 2.87 bits per heavy atom. The van der Waals surface area contributed by atoms with Crippen molar-refractivity contribution in [2.45, 2.75) is 12.8 Å². The summed E-state index contributed by atoms with van der Waals surface area (Å²) in [5.41, 5.74) is 1.57. The van der Waals surface area contributed by atoms with Crippen LogP contribution in [0.3, 0.4) is 0 Å². The van der Waals surface area contributed by atoms with Crippen LogP contribution in [0, 0.1) is 5.41 Å². The van der Waals surface area contributed by atoms with E-state index in [-0.39, 0.29) is 11.2 Å². The molecule has 3 nitrogen and oxygen atoms in total. The summed E-state index contributed by atoms with van der Waals surface area (Å²) in [7, 11) is 1.63. The third kappa shape index (κ3) is 1.09. The second-order valence-corrected chi connectivity index (χ2v) is 4.35. The van der Waals surface area contributed by atoms with Crippen molar-refractivity contribution in [3.63, 3.8) is 0 Å². The Hall–Kier alpha value is -1.51. The number of carbonyl (C=O) groups is 1. The third-order valence-corrected chi connectivity index (χ3v) is 3.43. The van der Waals surface area contributed by atoms with Crippen molar-refractivity contribution in [1.29, 1.82) is 0 Å². The van der Waals surface area contributed by atoms with Gasteiger partial charge in [0.15, 0.2) is 5.78 Å². The van der Waals surface area contributed by atoms with Gasteiger partial charge in [0, 0.05) is 12.1 Å². The van der Waals surface area contributed by atoms with Gasteiger partial charge in [0.2, 0.25) is 0 Å². The van der Waals surface area contributed by atoms with Crippen molar-refractivity contribution in [2.75, 3.05) is 19.0 Å². The van der Waals surface area contributed by atoms with Gasteiger partial charge in [-0.1, -0.05) is 6.07 Å². The molecule has 0 aromatic heterocycles. The molecule has 1 aliphatic carbocycles. The molecule has 1 spiro atoms. The fraction of sp³-hybridized carbons (Fsp3) is 0.417. The van der Waals surface area contributed by atoms with Gasteiger partial charge in [0.05, 0.1) is 18.2 Å². The molecule has 0 atom stereocenters. The zero-order valence-corrected chi connectivity index (χ0v) is 8.67. The first kappa shape index (κ1) is 8.77. The molecular formula is C12H13NO2. The molecule has 2 aliphatic rings. The minimum Gasteiger partial charge on any atom is -0.495 e. The second-order valence-electron chi connectivity index (χ2n) is 4.35. The minimum absolute atomic E-state index is 0.0840. The van der Waals surface area contributed by atoms with E-state index < -0.39 is 0 Å². The summed E-state index contributed by atoms with van der Waals surface area (Å²) in [5, 5.41) is 3.32. The highest BCUT2D eigenvalue weighted by molar-refractivity contribution is 6.09. The van der Waals surface area contributed by atoms with Gasteiger partial charge in [-0.25, -0.2) is 0 Å². The standard InChI is InChI=1S/C12H13NO2/c1-15-9-4-2-3-8-10(9)13-7-12(5-6-12)11(8)14/h2-4,13H,5-7H2,1H3. The lowest BCUT2D eigenvalue weighted by Crippen LogP contribution is -2.31. The predicted octanol–water partition coefficient (Wildman–Crippen LogP) is 2.08. The van der Waals surface area contributed by atoms with E-state index in [0.29, 0.717) is 0 Å². The van der Waals surface area contributed by atoms with E-state index in [1.54, 1.807) is 7.11 Å². The van der Waals surface area contributed by atoms with Gasteiger partial charge in [0.1, 0.15) is 5.75 Å². The smallest absolute Gasteiger partial charge is 0.172 e. The van der Waals surface area contributed by atoms with Crippen molar-refractivity contribution in [3.05, 3.63) is 23.8 Å². The van der Waals surface area contributed by atoms with Crippen LogP contribution in [-0.4, -0.2) is 19.4 Å². The fourth-order valence-electron chi connectivity index (χ4n) is 2.25. The zero-order valence-electron chi connectivity index (χ0n) is 8.67. The number of nitrogens with one attached hydrogen (secondary N) is 1. The highest BCUT2D eigenvalue weighted by Gasteiger charge is 2.52. The Balaban J connectivity index is 2.12. The highest BCUT2D eigenvalue weighted by Crippen LogP contribution is 2.52. The van der Waals surface area contributed by atoms with Gasteiger partial charge >= 0.3 is 0 Å². The van der Waals surface area contributed by atoms with E-state index in [9.17, 15) is 4.79 Å². The van der Waals surface area contributed by atoms with Crippen LogP contribution in [-0.2, 0) is 0 Å². The molecule has 0 bridgehead atoms. The van der Waals surface area contributed by atoms with E-state index in [1.807, 2.05) is 18.2 Å². The molecule has 1 aromatic rings. The Morgan fingerprint density at radius 2 is 2.20 bits per heavy atom. The van der Waals surface area contributed by atoms with Crippen LogP contribution < -0.4 is 10.1 Å². The van der Waals surface area contributed by atoms with Gasteiger partial charge < -0.3 is 10.1 Å². The molecule has 15 heavy (non-hydrogen) atoms. The zero-order chi connectivity index (χ0) is 10.5. The van der Waals surface area contributed by atoms with Gasteiger partial charge in [-0.2, -0.15) is 0 Å². The topological polar surface area (TPSA) is 38.3 Å². The van der Waals surface area contributed by atoms with Crippen LogP contribution >= 0.6 is 0 Å². The lowest BCUT2D eigenvalue weighted by molar-refractivity contribution is 0.0903. The largest absolute Gasteiger partial charge is 0.495 e. The average Bonchev–Trinajstić information content (AvgIpc) is 3.04. The van der Waals surface area contributed by atoms with Gasteiger partial charge in [-0.05, 0) is 25.0 Å². The van der Waals surface area contributed by atoms with E-state index in [4.69, 9.17) is 4.74 Å². The number of anilines is 1. The summed E-state index contributed by atoms with van der Waals surface area (Å²) >= 11 is 0. The van der Waals surface area contributed by atoms with Gasteiger partial charge in [-0.3, -0.25) is 4.79 Å². The number of Topliss-reactive ketones (excluding diaryl/α,β-unsaturated/α-hetero) is 1. The first-order valence-electron chi connectivity index (χ1n) is 5.22. The first-order chi connectivity index (χ1) is 7.27. The molecule has 1 N–H and O–H groups in total. The number of ether oxygens (including phenoxy) is 1. The van der Waals surface area contributed by atoms with Gasteiger partial charge in [-0.15, -0.1) is 0 Å². The number of para-hydroxylation sites is 1. The molecule has 0 amide bonds. The summed E-state index contributed by atoms with van der Waals surface area (Å²) < 4.78 is 5.23. The maximum absolute atomic E-state index is 12.2. The number of hydrogen-bond acceptors (Lipinski definition) is 3. The molecular weight excluding hydrogens is 190 g/mol. The molecule has 1 fully saturated rings. The van der Waals surface area contributed by atoms with Crippen LogP contribution in [0.4, 0.5) is 5.69 Å². The number of fused-ring (bicyclic) bond motifs is 1. The van der Waals surface area contributed by atoms with Crippen LogP contribution in [0.15, 0.2) is 18.2 Å². The molecule has 78 valence electrons. The molecule has 1 saturated carbocycles.